The standard InChI is InChI=1S/C21H26F3N3O4/c1-11-6-15(25-3)19(30)26(9-12(11)2)17-7-13-4-5-14(21(22,23)24)8-16(13)27(20(17)31)10-18(28)29/h4-5,8,11-12,15,17,25H,6-7,9-10H2,1-3H3,(H,28,29)/t11-,12+,15+,17+/m1/s1. The molecule has 0 spiro atoms. The predicted molar refractivity (Wildman–Crippen MR) is 106 cm³/mol. The molecule has 2 N–H and O–H groups in total. The Hall–Kier alpha value is -2.62. The van der Waals surface area contributed by atoms with E-state index in [1.807, 2.05) is 13.8 Å². The molecule has 1 fully saturated rings. The Morgan fingerprint density at radius 1 is 1.19 bits per heavy atom. The summed E-state index contributed by atoms with van der Waals surface area (Å²) in [6.45, 7) is 3.53. The monoisotopic (exact) mass is 441 g/mol. The lowest BCUT2D eigenvalue weighted by molar-refractivity contribution is -0.142. The Bertz CT molecular complexity index is 889. The topological polar surface area (TPSA) is 89.9 Å². The molecule has 4 atom stereocenters. The second-order valence-corrected chi connectivity index (χ2v) is 8.40. The number of hydrogen-bond acceptors (Lipinski definition) is 4. The maximum Gasteiger partial charge on any atom is 0.416 e. The molecule has 0 saturated carbocycles. The predicted octanol–water partition coefficient (Wildman–Crippen LogP) is 2.14. The summed E-state index contributed by atoms with van der Waals surface area (Å²) < 4.78 is 39.6. The van der Waals surface area contributed by atoms with E-state index >= 15 is 0 Å². The van der Waals surface area contributed by atoms with E-state index in [9.17, 15) is 32.7 Å². The molecule has 0 aliphatic carbocycles. The number of benzene rings is 1. The second-order valence-electron chi connectivity index (χ2n) is 8.40. The van der Waals surface area contributed by atoms with Crippen LogP contribution in [0.4, 0.5) is 18.9 Å². The summed E-state index contributed by atoms with van der Waals surface area (Å²) in [6, 6.07) is 1.51. The highest BCUT2D eigenvalue weighted by Crippen LogP contribution is 2.37. The van der Waals surface area contributed by atoms with Gasteiger partial charge in [-0.15, -0.1) is 0 Å². The van der Waals surface area contributed by atoms with Gasteiger partial charge in [-0.2, -0.15) is 13.2 Å². The third-order valence-corrected chi connectivity index (χ3v) is 6.33. The Morgan fingerprint density at radius 3 is 2.45 bits per heavy atom. The first kappa shape index (κ1) is 23.1. The minimum absolute atomic E-state index is 0.0334. The van der Waals surface area contributed by atoms with E-state index in [0.717, 1.165) is 17.0 Å². The highest BCUT2D eigenvalue weighted by atomic mass is 19.4. The van der Waals surface area contributed by atoms with Crippen LogP contribution in [0.3, 0.4) is 0 Å². The van der Waals surface area contributed by atoms with Crippen molar-refractivity contribution in [1.29, 1.82) is 0 Å². The maximum atomic E-state index is 13.3. The van der Waals surface area contributed by atoms with Crippen molar-refractivity contribution in [2.45, 2.75) is 44.9 Å². The van der Waals surface area contributed by atoms with E-state index < -0.39 is 42.2 Å². The van der Waals surface area contributed by atoms with Gasteiger partial charge in [-0.1, -0.05) is 19.9 Å². The quantitative estimate of drug-likeness (QED) is 0.747. The van der Waals surface area contributed by atoms with Crippen LogP contribution >= 0.6 is 0 Å². The molecular weight excluding hydrogens is 415 g/mol. The van der Waals surface area contributed by atoms with Crippen molar-refractivity contribution in [3.05, 3.63) is 29.3 Å². The lowest BCUT2D eigenvalue weighted by atomic mass is 9.91. The zero-order chi connectivity index (χ0) is 23.1. The Balaban J connectivity index is 2.04. The number of rotatable bonds is 4. The minimum atomic E-state index is -4.63. The van der Waals surface area contributed by atoms with Crippen LogP contribution < -0.4 is 10.2 Å². The molecule has 3 rings (SSSR count). The van der Waals surface area contributed by atoms with Gasteiger partial charge in [0.2, 0.25) is 5.91 Å². The molecule has 2 amide bonds. The molecule has 2 aliphatic heterocycles. The minimum Gasteiger partial charge on any atom is -0.480 e. The van der Waals surface area contributed by atoms with Gasteiger partial charge in [-0.3, -0.25) is 19.3 Å². The van der Waals surface area contributed by atoms with Crippen LogP contribution in [-0.2, 0) is 27.0 Å². The van der Waals surface area contributed by atoms with Crippen molar-refractivity contribution < 1.29 is 32.7 Å². The third-order valence-electron chi connectivity index (χ3n) is 6.33. The first-order valence-electron chi connectivity index (χ1n) is 10.1. The van der Waals surface area contributed by atoms with E-state index in [4.69, 9.17) is 0 Å². The van der Waals surface area contributed by atoms with E-state index in [-0.39, 0.29) is 29.9 Å². The fourth-order valence-corrected chi connectivity index (χ4v) is 4.31. The fourth-order valence-electron chi connectivity index (χ4n) is 4.31. The van der Waals surface area contributed by atoms with Crippen molar-refractivity contribution in [1.82, 2.24) is 10.2 Å². The molecule has 0 aromatic heterocycles. The van der Waals surface area contributed by atoms with E-state index in [1.165, 1.54) is 11.0 Å². The first-order chi connectivity index (χ1) is 14.4. The van der Waals surface area contributed by atoms with Crippen LogP contribution in [0.5, 0.6) is 0 Å². The maximum absolute atomic E-state index is 13.3. The normalized spacial score (nSPS) is 27.2. The van der Waals surface area contributed by atoms with Crippen molar-refractivity contribution in [2.75, 3.05) is 25.0 Å². The summed E-state index contributed by atoms with van der Waals surface area (Å²) in [6.07, 6.45) is -4.00. The molecule has 7 nitrogen and oxygen atoms in total. The number of nitrogens with one attached hydrogen (secondary N) is 1. The van der Waals surface area contributed by atoms with Gasteiger partial charge in [0.1, 0.15) is 12.6 Å². The van der Waals surface area contributed by atoms with Crippen molar-refractivity contribution in [3.63, 3.8) is 0 Å². The number of nitrogens with zero attached hydrogens (tertiary/aromatic N) is 2. The number of amides is 2. The molecule has 0 unspecified atom stereocenters. The van der Waals surface area contributed by atoms with E-state index in [0.29, 0.717) is 18.5 Å². The van der Waals surface area contributed by atoms with Crippen LogP contribution in [0.2, 0.25) is 0 Å². The second kappa shape index (κ2) is 8.49. The molecule has 0 radical (unpaired) electrons. The number of likely N-dealkylation sites (tertiary alicyclic amines) is 1. The molecule has 1 aromatic carbocycles. The molecular formula is C21H26F3N3O4. The van der Waals surface area contributed by atoms with Crippen LogP contribution in [0.25, 0.3) is 0 Å². The van der Waals surface area contributed by atoms with Gasteiger partial charge in [0.25, 0.3) is 5.91 Å². The van der Waals surface area contributed by atoms with Gasteiger partial charge in [-0.25, -0.2) is 0 Å². The summed E-state index contributed by atoms with van der Waals surface area (Å²) >= 11 is 0. The number of aliphatic carboxylic acids is 1. The van der Waals surface area contributed by atoms with E-state index in [1.54, 1.807) is 7.05 Å². The molecule has 31 heavy (non-hydrogen) atoms. The highest BCUT2D eigenvalue weighted by molar-refractivity contribution is 6.05. The van der Waals surface area contributed by atoms with Gasteiger partial charge in [-0.05, 0) is 43.0 Å². The zero-order valence-electron chi connectivity index (χ0n) is 17.6. The number of hydrogen-bond donors (Lipinski definition) is 2. The number of anilines is 1. The number of fused-ring (bicyclic) bond motifs is 1. The number of carbonyl (C=O) groups excluding carboxylic acids is 2. The first-order valence-corrected chi connectivity index (χ1v) is 10.1. The lowest BCUT2D eigenvalue weighted by Crippen LogP contribution is -2.58. The number of carboxylic acids is 1. The molecule has 2 aliphatic rings. The molecule has 170 valence electrons. The van der Waals surface area contributed by atoms with Gasteiger partial charge >= 0.3 is 12.1 Å². The van der Waals surface area contributed by atoms with Crippen LogP contribution in [-0.4, -0.2) is 60.0 Å². The number of likely N-dealkylation sites (N-methyl/N-ethyl adjacent to an activating group) is 1. The van der Waals surface area contributed by atoms with Crippen molar-refractivity contribution >= 4 is 23.5 Å². The molecule has 10 heteroatoms. The van der Waals surface area contributed by atoms with Crippen molar-refractivity contribution in [2.24, 2.45) is 11.8 Å². The van der Waals surface area contributed by atoms with Crippen molar-refractivity contribution in [3.8, 4) is 0 Å². The van der Waals surface area contributed by atoms with Crippen LogP contribution in [0.1, 0.15) is 31.4 Å². The molecule has 1 aromatic rings. The van der Waals surface area contributed by atoms with Gasteiger partial charge < -0.3 is 15.3 Å². The van der Waals surface area contributed by atoms with E-state index in [2.05, 4.69) is 5.32 Å². The van der Waals surface area contributed by atoms with Gasteiger partial charge in [0.15, 0.2) is 0 Å². The number of carbonyl (C=O) groups is 3. The molecule has 1 saturated heterocycles. The SMILES string of the molecule is CN[C@H]1C[C@@H](C)[C@@H](C)CN([C@H]2Cc3ccc(C(F)(F)F)cc3N(CC(=O)O)C2=O)C1=O. The third kappa shape index (κ3) is 4.53. The number of halogens is 3. The molecule has 0 bridgehead atoms. The van der Waals surface area contributed by atoms with Gasteiger partial charge in [0.05, 0.1) is 11.6 Å². The summed E-state index contributed by atoms with van der Waals surface area (Å²) in [5, 5.41) is 12.3. The molecule has 2 heterocycles. The Morgan fingerprint density at radius 2 is 1.87 bits per heavy atom. The van der Waals surface area contributed by atoms with Gasteiger partial charge in [0, 0.05) is 18.7 Å². The number of alkyl halides is 3. The summed E-state index contributed by atoms with van der Waals surface area (Å²) in [7, 11) is 1.66. The average Bonchev–Trinajstić information content (AvgIpc) is 2.79. The largest absolute Gasteiger partial charge is 0.480 e. The summed E-state index contributed by atoms with van der Waals surface area (Å²) in [4.78, 5) is 40.2. The summed E-state index contributed by atoms with van der Waals surface area (Å²) in [5.41, 5.74) is -0.638. The Labute approximate surface area is 178 Å². The Kier molecular flexibility index (Phi) is 6.31. The lowest BCUT2D eigenvalue weighted by Gasteiger charge is -2.40. The number of carboxylic acid groups (broad SMARTS) is 1. The van der Waals surface area contributed by atoms with Crippen LogP contribution in [0.15, 0.2) is 18.2 Å². The van der Waals surface area contributed by atoms with Crippen LogP contribution in [0, 0.1) is 11.8 Å². The highest BCUT2D eigenvalue weighted by Gasteiger charge is 2.44. The fraction of sp³-hybridized carbons (Fsp3) is 0.571. The smallest absolute Gasteiger partial charge is 0.416 e. The summed E-state index contributed by atoms with van der Waals surface area (Å²) in [5.74, 6) is -1.99. The average molecular weight is 441 g/mol. The zero-order valence-corrected chi connectivity index (χ0v) is 17.6.